The summed E-state index contributed by atoms with van der Waals surface area (Å²) in [5.41, 5.74) is 0.394. The van der Waals surface area contributed by atoms with Crippen molar-refractivity contribution in [3.63, 3.8) is 0 Å². The number of rotatable bonds is 11. The Hall–Kier alpha value is -3.04. The maximum absolute atomic E-state index is 12.9. The van der Waals surface area contributed by atoms with Gasteiger partial charge in [0, 0.05) is 12.1 Å². The smallest absolute Gasteiger partial charge is 0.258 e. The van der Waals surface area contributed by atoms with Gasteiger partial charge in [-0.15, -0.1) is 0 Å². The SMILES string of the molecule is CCOc1cc(N=NC(C(C)=O)C(=O)Nc2c(Cl)ccc(OC)c2OC)c(OCC)cc1Cl. The van der Waals surface area contributed by atoms with E-state index in [1.54, 1.807) is 13.0 Å². The molecule has 0 spiro atoms. The summed E-state index contributed by atoms with van der Waals surface area (Å²) in [4.78, 5) is 25.1. The van der Waals surface area contributed by atoms with Crippen LogP contribution < -0.4 is 24.3 Å². The Morgan fingerprint density at radius 1 is 0.970 bits per heavy atom. The van der Waals surface area contributed by atoms with Gasteiger partial charge in [-0.25, -0.2) is 0 Å². The average molecular weight is 498 g/mol. The van der Waals surface area contributed by atoms with Crippen LogP contribution in [0.25, 0.3) is 0 Å². The number of Topliss-reactive ketones (excluding diaryl/α,β-unsaturated/α-hetero) is 1. The molecule has 0 aliphatic carbocycles. The van der Waals surface area contributed by atoms with Crippen LogP contribution in [0.4, 0.5) is 11.4 Å². The first-order valence-electron chi connectivity index (χ1n) is 9.99. The number of azo groups is 1. The fourth-order valence-electron chi connectivity index (χ4n) is 2.79. The fraction of sp³-hybridized carbons (Fsp3) is 0.364. The van der Waals surface area contributed by atoms with Crippen LogP contribution in [0.15, 0.2) is 34.5 Å². The summed E-state index contributed by atoms with van der Waals surface area (Å²) in [5.74, 6) is -0.0366. The third-order valence-corrected chi connectivity index (χ3v) is 4.88. The Balaban J connectivity index is 2.40. The molecule has 0 bridgehead atoms. The number of ether oxygens (including phenoxy) is 4. The lowest BCUT2D eigenvalue weighted by Gasteiger charge is -2.16. The van der Waals surface area contributed by atoms with Crippen LogP contribution >= 0.6 is 23.2 Å². The molecule has 9 nitrogen and oxygen atoms in total. The van der Waals surface area contributed by atoms with Crippen molar-refractivity contribution < 1.29 is 28.5 Å². The van der Waals surface area contributed by atoms with E-state index in [1.807, 2.05) is 6.92 Å². The highest BCUT2D eigenvalue weighted by molar-refractivity contribution is 6.34. The molecule has 0 aliphatic heterocycles. The average Bonchev–Trinajstić information content (AvgIpc) is 2.77. The first-order valence-corrected chi connectivity index (χ1v) is 10.7. The topological polar surface area (TPSA) is 108 Å². The first-order chi connectivity index (χ1) is 15.8. The van der Waals surface area contributed by atoms with E-state index in [4.69, 9.17) is 42.1 Å². The molecule has 33 heavy (non-hydrogen) atoms. The normalized spacial score (nSPS) is 11.7. The van der Waals surface area contributed by atoms with Crippen LogP contribution in [0.5, 0.6) is 23.0 Å². The first kappa shape index (κ1) is 26.2. The standard InChI is InChI=1S/C22H25Cl2N3O6/c1-6-32-17-11-15(18(33-7-2)10-14(17)24)26-27-19(12(3)28)22(29)25-20-13(23)8-9-16(30-4)21(20)31-5/h8-11,19H,6-7H2,1-5H3,(H,25,29). The zero-order valence-electron chi connectivity index (χ0n) is 18.9. The number of methoxy groups -OCH3 is 2. The molecular weight excluding hydrogens is 473 g/mol. The summed E-state index contributed by atoms with van der Waals surface area (Å²) >= 11 is 12.4. The molecule has 2 rings (SSSR count). The van der Waals surface area contributed by atoms with Crippen molar-refractivity contribution in [2.45, 2.75) is 26.8 Å². The molecule has 1 N–H and O–H groups in total. The summed E-state index contributed by atoms with van der Waals surface area (Å²) in [6.07, 6.45) is 0. The van der Waals surface area contributed by atoms with Gasteiger partial charge in [0.1, 0.15) is 22.9 Å². The molecule has 178 valence electrons. The van der Waals surface area contributed by atoms with E-state index in [-0.39, 0.29) is 22.1 Å². The summed E-state index contributed by atoms with van der Waals surface area (Å²) < 4.78 is 21.5. The lowest BCUT2D eigenvalue weighted by atomic mass is 10.2. The maximum atomic E-state index is 12.9. The molecule has 0 fully saturated rings. The molecule has 0 saturated carbocycles. The number of nitrogens with one attached hydrogen (secondary N) is 1. The van der Waals surface area contributed by atoms with Crippen molar-refractivity contribution in [3.8, 4) is 23.0 Å². The number of amides is 1. The van der Waals surface area contributed by atoms with Crippen LogP contribution in [0.1, 0.15) is 20.8 Å². The zero-order chi connectivity index (χ0) is 24.5. The highest BCUT2D eigenvalue weighted by Crippen LogP contribution is 2.41. The third kappa shape index (κ3) is 6.49. The Kier molecular flexibility index (Phi) is 9.74. The third-order valence-electron chi connectivity index (χ3n) is 4.27. The minimum absolute atomic E-state index is 0.144. The molecule has 11 heteroatoms. The lowest BCUT2D eigenvalue weighted by molar-refractivity contribution is -0.126. The van der Waals surface area contributed by atoms with E-state index in [0.717, 1.165) is 0 Å². The van der Waals surface area contributed by atoms with E-state index >= 15 is 0 Å². The number of hydrogen-bond acceptors (Lipinski definition) is 8. The van der Waals surface area contributed by atoms with Gasteiger partial charge < -0.3 is 24.3 Å². The second-order valence-electron chi connectivity index (χ2n) is 6.49. The number of carbonyl (C=O) groups is 2. The molecule has 2 aromatic rings. The number of halogens is 2. The minimum Gasteiger partial charge on any atom is -0.493 e. The van der Waals surface area contributed by atoms with Gasteiger partial charge in [-0.3, -0.25) is 9.59 Å². The number of anilines is 1. The minimum atomic E-state index is -1.46. The van der Waals surface area contributed by atoms with Crippen molar-refractivity contribution >= 4 is 46.3 Å². The number of hydrogen-bond donors (Lipinski definition) is 1. The molecule has 0 radical (unpaired) electrons. The molecule has 0 heterocycles. The van der Waals surface area contributed by atoms with Crippen molar-refractivity contribution in [3.05, 3.63) is 34.3 Å². The van der Waals surface area contributed by atoms with Gasteiger partial charge in [0.15, 0.2) is 17.3 Å². The van der Waals surface area contributed by atoms with Gasteiger partial charge in [0.2, 0.25) is 6.04 Å². The Morgan fingerprint density at radius 2 is 1.64 bits per heavy atom. The zero-order valence-corrected chi connectivity index (χ0v) is 20.4. The lowest BCUT2D eigenvalue weighted by Crippen LogP contribution is -2.32. The summed E-state index contributed by atoms with van der Waals surface area (Å²) in [5, 5.41) is 11.1. The molecule has 1 unspecified atom stereocenters. The summed E-state index contributed by atoms with van der Waals surface area (Å²) in [6, 6.07) is 4.72. The van der Waals surface area contributed by atoms with Gasteiger partial charge in [0.05, 0.1) is 37.5 Å². The van der Waals surface area contributed by atoms with Gasteiger partial charge in [-0.1, -0.05) is 23.2 Å². The van der Waals surface area contributed by atoms with Gasteiger partial charge >= 0.3 is 0 Å². The number of nitrogens with zero attached hydrogens (tertiary/aromatic N) is 2. The molecule has 0 aliphatic rings. The van der Waals surface area contributed by atoms with Crippen LogP contribution in [-0.4, -0.2) is 45.2 Å². The Bertz CT molecular complexity index is 1050. The van der Waals surface area contributed by atoms with Gasteiger partial charge in [-0.2, -0.15) is 10.2 Å². The maximum Gasteiger partial charge on any atom is 0.258 e. The second kappa shape index (κ2) is 12.3. The molecule has 2 aromatic carbocycles. The van der Waals surface area contributed by atoms with Crippen LogP contribution in [-0.2, 0) is 9.59 Å². The van der Waals surface area contributed by atoms with Crippen molar-refractivity contribution in [2.75, 3.05) is 32.8 Å². The predicted octanol–water partition coefficient (Wildman–Crippen LogP) is 5.49. The largest absolute Gasteiger partial charge is 0.493 e. The Morgan fingerprint density at radius 3 is 2.21 bits per heavy atom. The number of benzene rings is 2. The predicted molar refractivity (Wildman–Crippen MR) is 126 cm³/mol. The molecule has 1 atom stereocenters. The second-order valence-corrected chi connectivity index (χ2v) is 7.31. The number of carbonyl (C=O) groups excluding carboxylic acids is 2. The van der Waals surface area contributed by atoms with Crippen molar-refractivity contribution in [1.82, 2.24) is 0 Å². The monoisotopic (exact) mass is 497 g/mol. The number of ketones is 1. The van der Waals surface area contributed by atoms with E-state index in [2.05, 4.69) is 15.5 Å². The fourth-order valence-corrected chi connectivity index (χ4v) is 3.19. The highest BCUT2D eigenvalue weighted by Gasteiger charge is 2.26. The summed E-state index contributed by atoms with van der Waals surface area (Å²) in [6.45, 7) is 5.55. The van der Waals surface area contributed by atoms with Gasteiger partial charge in [-0.05, 0) is 32.9 Å². The molecule has 1 amide bonds. The van der Waals surface area contributed by atoms with E-state index in [9.17, 15) is 9.59 Å². The molecular formula is C22H25Cl2N3O6. The van der Waals surface area contributed by atoms with Crippen LogP contribution in [0.3, 0.4) is 0 Å². The highest BCUT2D eigenvalue weighted by atomic mass is 35.5. The van der Waals surface area contributed by atoms with Crippen LogP contribution in [0, 0.1) is 0 Å². The summed E-state index contributed by atoms with van der Waals surface area (Å²) in [7, 11) is 2.85. The molecule has 0 aromatic heterocycles. The van der Waals surface area contributed by atoms with Crippen molar-refractivity contribution in [2.24, 2.45) is 10.2 Å². The molecule has 0 saturated heterocycles. The van der Waals surface area contributed by atoms with Crippen LogP contribution in [0.2, 0.25) is 10.0 Å². The Labute approximate surface area is 202 Å². The van der Waals surface area contributed by atoms with Gasteiger partial charge in [0.25, 0.3) is 5.91 Å². The van der Waals surface area contributed by atoms with E-state index in [0.29, 0.717) is 35.5 Å². The quantitative estimate of drug-likeness (QED) is 0.324. The van der Waals surface area contributed by atoms with E-state index in [1.165, 1.54) is 39.3 Å². The van der Waals surface area contributed by atoms with Crippen molar-refractivity contribution in [1.29, 1.82) is 0 Å². The van der Waals surface area contributed by atoms with E-state index < -0.39 is 17.7 Å².